The monoisotopic (exact) mass is 613 g/mol. The van der Waals surface area contributed by atoms with Gasteiger partial charge in [-0.3, -0.25) is 4.90 Å². The molecule has 1 aliphatic heterocycles. The Bertz CT molecular complexity index is 1370. The van der Waals surface area contributed by atoms with Crippen molar-refractivity contribution in [3.8, 4) is 5.75 Å². The maximum atomic E-state index is 13.9. The predicted molar refractivity (Wildman–Crippen MR) is 159 cm³/mol. The van der Waals surface area contributed by atoms with Crippen LogP contribution in [0.4, 0.5) is 36.3 Å². The number of sulfonamides is 1. The van der Waals surface area contributed by atoms with Crippen molar-refractivity contribution >= 4 is 33.2 Å². The number of piperazine rings is 1. The van der Waals surface area contributed by atoms with E-state index >= 15 is 0 Å². The van der Waals surface area contributed by atoms with E-state index in [0.717, 1.165) is 49.9 Å². The summed E-state index contributed by atoms with van der Waals surface area (Å²) >= 11 is 0. The fourth-order valence-corrected chi connectivity index (χ4v) is 6.49. The molecule has 1 aromatic carbocycles. The Morgan fingerprint density at radius 2 is 1.76 bits per heavy atom. The quantitative estimate of drug-likeness (QED) is 0.439. The molecule has 2 aliphatic rings. The second-order valence-corrected chi connectivity index (χ2v) is 14.1. The minimum atomic E-state index is -4.70. The Kier molecular flexibility index (Phi) is 9.20. The zero-order chi connectivity index (χ0) is 31.0. The number of ether oxygens (including phenoxy) is 1. The lowest BCUT2D eigenvalue weighted by molar-refractivity contribution is -0.137. The van der Waals surface area contributed by atoms with Crippen LogP contribution in [0, 0.1) is 6.92 Å². The predicted octanol–water partition coefficient (Wildman–Crippen LogP) is 4.70. The van der Waals surface area contributed by atoms with Gasteiger partial charge in [0.25, 0.3) is 0 Å². The second kappa shape index (κ2) is 12.0. The molecule has 2 atom stereocenters. The van der Waals surface area contributed by atoms with Gasteiger partial charge in [0.1, 0.15) is 17.1 Å². The van der Waals surface area contributed by atoms with Crippen molar-refractivity contribution in [2.24, 2.45) is 0 Å². The SMILES string of the molecule is COc1cc(N2CCN(C(C)(C)C)CC2)c(C)cc1Nc1ncc(C(F)(F)F)c(N[C@@H]2CCC[C@H]2N(C)S(C)(=O)=O)n1. The topological polar surface area (TPSA) is 103 Å². The highest BCUT2D eigenvalue weighted by Crippen LogP contribution is 2.38. The van der Waals surface area contributed by atoms with Gasteiger partial charge in [-0.05, 0) is 58.6 Å². The van der Waals surface area contributed by atoms with Crippen molar-refractivity contribution < 1.29 is 26.3 Å². The Hall–Kier alpha value is -2.84. The average molecular weight is 614 g/mol. The number of alkyl halides is 3. The van der Waals surface area contributed by atoms with E-state index in [1.807, 2.05) is 19.1 Å². The minimum absolute atomic E-state index is 0.0410. The van der Waals surface area contributed by atoms with E-state index in [-0.39, 0.29) is 11.5 Å². The molecule has 1 aromatic heterocycles. The molecule has 2 N–H and O–H groups in total. The molecule has 0 bridgehead atoms. The van der Waals surface area contributed by atoms with E-state index in [1.54, 1.807) is 0 Å². The third kappa shape index (κ3) is 7.20. The van der Waals surface area contributed by atoms with Crippen molar-refractivity contribution in [1.29, 1.82) is 0 Å². The summed E-state index contributed by atoms with van der Waals surface area (Å²) in [5, 5.41) is 5.93. The van der Waals surface area contributed by atoms with Crippen molar-refractivity contribution in [3.63, 3.8) is 0 Å². The summed E-state index contributed by atoms with van der Waals surface area (Å²) < 4.78 is 72.9. The zero-order valence-electron chi connectivity index (χ0n) is 25.3. The lowest BCUT2D eigenvalue weighted by Gasteiger charge is -2.43. The number of benzene rings is 1. The number of hydrogen-bond acceptors (Lipinski definition) is 9. The van der Waals surface area contributed by atoms with Gasteiger partial charge >= 0.3 is 6.18 Å². The molecule has 0 radical (unpaired) electrons. The zero-order valence-corrected chi connectivity index (χ0v) is 26.2. The molecule has 42 heavy (non-hydrogen) atoms. The fraction of sp³-hybridized carbons (Fsp3) is 0.643. The molecule has 234 valence electrons. The Labute approximate surface area is 246 Å². The van der Waals surface area contributed by atoms with Crippen LogP contribution in [-0.4, -0.2) is 91.8 Å². The van der Waals surface area contributed by atoms with E-state index in [2.05, 4.69) is 51.2 Å². The molecule has 0 unspecified atom stereocenters. The van der Waals surface area contributed by atoms with Crippen LogP contribution in [0.1, 0.15) is 51.2 Å². The van der Waals surface area contributed by atoms with Gasteiger partial charge in [0, 0.05) is 68.8 Å². The van der Waals surface area contributed by atoms with Gasteiger partial charge in [0.2, 0.25) is 16.0 Å². The van der Waals surface area contributed by atoms with Crippen LogP contribution in [0.5, 0.6) is 5.75 Å². The van der Waals surface area contributed by atoms with E-state index in [9.17, 15) is 21.6 Å². The van der Waals surface area contributed by atoms with Gasteiger partial charge in [-0.2, -0.15) is 18.2 Å². The third-order valence-corrected chi connectivity index (χ3v) is 9.54. The van der Waals surface area contributed by atoms with E-state index < -0.39 is 39.7 Å². The van der Waals surface area contributed by atoms with Crippen LogP contribution in [0.25, 0.3) is 0 Å². The van der Waals surface area contributed by atoms with Crippen LogP contribution >= 0.6 is 0 Å². The minimum Gasteiger partial charge on any atom is -0.494 e. The number of hydrogen-bond donors (Lipinski definition) is 2. The maximum absolute atomic E-state index is 13.9. The molecule has 10 nitrogen and oxygen atoms in total. The van der Waals surface area contributed by atoms with E-state index in [1.165, 1.54) is 18.5 Å². The van der Waals surface area contributed by atoms with Crippen molar-refractivity contribution in [3.05, 3.63) is 29.5 Å². The van der Waals surface area contributed by atoms with Crippen LogP contribution in [0.15, 0.2) is 18.3 Å². The average Bonchev–Trinajstić information content (AvgIpc) is 3.34. The van der Waals surface area contributed by atoms with Crippen LogP contribution in [0.2, 0.25) is 0 Å². The number of aryl methyl sites for hydroxylation is 1. The lowest BCUT2D eigenvalue weighted by Crippen LogP contribution is -2.53. The highest BCUT2D eigenvalue weighted by molar-refractivity contribution is 7.88. The summed E-state index contributed by atoms with van der Waals surface area (Å²) in [4.78, 5) is 12.9. The Balaban J connectivity index is 1.59. The van der Waals surface area contributed by atoms with Crippen LogP contribution in [0.3, 0.4) is 0 Å². The standard InChI is InChI=1S/C28H42F3N7O3S/c1-18-15-21(24(41-6)16-23(18)37-11-13-38(14-12-37)27(2,3)4)34-26-32-17-19(28(29,30)31)25(35-26)33-20-9-8-10-22(20)36(5)42(7,39)40/h15-17,20,22H,8-14H2,1-7H3,(H2,32,33,34,35)/t20-,22-/m1/s1. The first-order valence-electron chi connectivity index (χ1n) is 14.1. The highest BCUT2D eigenvalue weighted by Gasteiger charge is 2.39. The molecule has 2 fully saturated rings. The fourth-order valence-electron chi connectivity index (χ4n) is 5.75. The lowest BCUT2D eigenvalue weighted by atomic mass is 10.0. The Morgan fingerprint density at radius 3 is 2.33 bits per heavy atom. The van der Waals surface area contributed by atoms with Crippen molar-refractivity contribution in [1.82, 2.24) is 19.2 Å². The molecule has 1 saturated heterocycles. The number of nitrogens with zero attached hydrogens (tertiary/aromatic N) is 5. The molecule has 4 rings (SSSR count). The third-order valence-electron chi connectivity index (χ3n) is 8.22. The molecule has 2 aromatic rings. The molecule has 1 aliphatic carbocycles. The van der Waals surface area contributed by atoms with Crippen LogP contribution < -0.4 is 20.3 Å². The highest BCUT2D eigenvalue weighted by atomic mass is 32.2. The number of rotatable bonds is 8. The van der Waals surface area contributed by atoms with E-state index in [0.29, 0.717) is 30.7 Å². The largest absolute Gasteiger partial charge is 0.494 e. The maximum Gasteiger partial charge on any atom is 0.421 e. The summed E-state index contributed by atoms with van der Waals surface area (Å²) in [6.07, 6.45) is -1.16. The summed E-state index contributed by atoms with van der Waals surface area (Å²) in [6, 6.07) is 2.78. The summed E-state index contributed by atoms with van der Waals surface area (Å²) in [6.45, 7) is 12.2. The number of anilines is 4. The first-order valence-corrected chi connectivity index (χ1v) is 15.9. The second-order valence-electron chi connectivity index (χ2n) is 12.1. The van der Waals surface area contributed by atoms with Gasteiger partial charge in [-0.1, -0.05) is 0 Å². The summed E-state index contributed by atoms with van der Waals surface area (Å²) in [5.74, 6) is 0.0704. The first-order chi connectivity index (χ1) is 19.5. The number of halogens is 3. The molecular formula is C28H42F3N7O3S. The summed E-state index contributed by atoms with van der Waals surface area (Å²) in [5.41, 5.74) is 1.61. The smallest absolute Gasteiger partial charge is 0.421 e. The van der Waals surface area contributed by atoms with Gasteiger partial charge in [-0.25, -0.2) is 17.7 Å². The van der Waals surface area contributed by atoms with Gasteiger partial charge in [0.15, 0.2) is 0 Å². The van der Waals surface area contributed by atoms with E-state index in [4.69, 9.17) is 4.74 Å². The molecule has 14 heteroatoms. The molecule has 0 spiro atoms. The molecule has 1 saturated carbocycles. The molecule has 2 heterocycles. The van der Waals surface area contributed by atoms with Crippen molar-refractivity contribution in [2.75, 3.05) is 62.1 Å². The van der Waals surface area contributed by atoms with Crippen LogP contribution in [-0.2, 0) is 16.2 Å². The Morgan fingerprint density at radius 1 is 1.10 bits per heavy atom. The molecular weight excluding hydrogens is 571 g/mol. The number of methoxy groups -OCH3 is 1. The summed E-state index contributed by atoms with van der Waals surface area (Å²) in [7, 11) is -0.543. The number of nitrogens with one attached hydrogen (secondary N) is 2. The van der Waals surface area contributed by atoms with Gasteiger partial charge in [-0.15, -0.1) is 0 Å². The number of likely N-dealkylation sites (N-methyl/N-ethyl adjacent to an activating group) is 1. The number of aromatic nitrogens is 2. The van der Waals surface area contributed by atoms with Gasteiger partial charge < -0.3 is 20.3 Å². The molecule has 0 amide bonds. The van der Waals surface area contributed by atoms with Crippen molar-refractivity contribution in [2.45, 2.75) is 70.8 Å². The first kappa shape index (κ1) is 32.1. The van der Waals surface area contributed by atoms with Gasteiger partial charge in [0.05, 0.1) is 19.1 Å². The normalized spacial score (nSPS) is 20.7.